The van der Waals surface area contributed by atoms with E-state index in [9.17, 15) is 30.0 Å². The lowest BCUT2D eigenvalue weighted by atomic mass is 10.1. The number of aromatic hydroxyl groups is 3. The lowest BCUT2D eigenvalue weighted by Gasteiger charge is -2.13. The van der Waals surface area contributed by atoms with Crippen molar-refractivity contribution in [3.63, 3.8) is 0 Å². The van der Waals surface area contributed by atoms with E-state index >= 15 is 0 Å². The fourth-order valence-corrected chi connectivity index (χ4v) is 2.31. The molecule has 0 radical (unpaired) electrons. The number of hydrogen-bond acceptors (Lipinski definition) is 8. The lowest BCUT2D eigenvalue weighted by Crippen LogP contribution is -2.27. The van der Waals surface area contributed by atoms with Crippen molar-refractivity contribution in [1.29, 1.82) is 0 Å². The van der Waals surface area contributed by atoms with E-state index in [4.69, 9.17) is 9.47 Å². The minimum Gasteiger partial charge on any atom is -0.508 e. The van der Waals surface area contributed by atoms with E-state index in [0.717, 1.165) is 12.2 Å². The second kappa shape index (κ2) is 10.7. The van der Waals surface area contributed by atoms with Crippen LogP contribution in [0.25, 0.3) is 12.2 Å². The summed E-state index contributed by atoms with van der Waals surface area (Å²) in [6.45, 7) is 0.832. The summed E-state index contributed by atoms with van der Waals surface area (Å²) in [6, 6.07) is 8.83. The van der Waals surface area contributed by atoms with Crippen molar-refractivity contribution in [2.75, 3.05) is 13.2 Å². The molecule has 4 N–H and O–H groups in total. The highest BCUT2D eigenvalue weighted by Gasteiger charge is 2.14. The van der Waals surface area contributed by atoms with Crippen molar-refractivity contribution in [3.8, 4) is 17.2 Å². The number of aryl methyl sites for hydroxylation is 1. The van der Waals surface area contributed by atoms with Gasteiger partial charge in [-0.25, -0.2) is 9.59 Å². The molecule has 0 amide bonds. The predicted octanol–water partition coefficient (Wildman–Crippen LogP) is 2.29. The van der Waals surface area contributed by atoms with Gasteiger partial charge in [-0.15, -0.1) is 0 Å². The molecule has 2 aromatic rings. The summed E-state index contributed by atoms with van der Waals surface area (Å²) in [5.74, 6) is -1.93. The van der Waals surface area contributed by atoms with Crippen molar-refractivity contribution in [2.45, 2.75) is 13.0 Å². The Balaban J connectivity index is 1.84. The Hall–Kier alpha value is -3.78. The van der Waals surface area contributed by atoms with Crippen LogP contribution in [0, 0.1) is 6.92 Å². The number of carbonyl (C=O) groups excluding carboxylic acids is 2. The fraction of sp³-hybridized carbons (Fsp3) is 0.182. The second-order valence-electron chi connectivity index (χ2n) is 6.33. The number of carbonyl (C=O) groups is 2. The maximum absolute atomic E-state index is 11.9. The molecule has 0 aromatic heterocycles. The molecule has 0 saturated heterocycles. The van der Waals surface area contributed by atoms with E-state index in [1.807, 2.05) is 0 Å². The highest BCUT2D eigenvalue weighted by atomic mass is 16.6. The standard InChI is InChI=1S/C22H22O8/c1-14-10-15(2-6-18(14)24)5-9-22(28)30-17(12-23)13-29-21(27)8-4-16-3-7-19(25)20(26)11-16/h2-11,17,23-26H,12-13H2,1H3/b8-4+,9-5+. The number of aliphatic hydroxyl groups is 1. The molecule has 2 aromatic carbocycles. The number of phenols is 3. The quantitative estimate of drug-likeness (QED) is 0.294. The summed E-state index contributed by atoms with van der Waals surface area (Å²) >= 11 is 0. The number of hydrogen-bond donors (Lipinski definition) is 4. The van der Waals surface area contributed by atoms with Gasteiger partial charge in [-0.2, -0.15) is 0 Å². The van der Waals surface area contributed by atoms with Gasteiger partial charge >= 0.3 is 11.9 Å². The van der Waals surface area contributed by atoms with Gasteiger partial charge in [-0.1, -0.05) is 12.1 Å². The summed E-state index contributed by atoms with van der Waals surface area (Å²) in [5, 5.41) is 37.5. The zero-order chi connectivity index (χ0) is 22.1. The third kappa shape index (κ3) is 6.99. The number of esters is 2. The summed E-state index contributed by atoms with van der Waals surface area (Å²) in [4.78, 5) is 23.7. The van der Waals surface area contributed by atoms with E-state index in [1.54, 1.807) is 19.1 Å². The van der Waals surface area contributed by atoms with E-state index in [2.05, 4.69) is 0 Å². The van der Waals surface area contributed by atoms with Crippen molar-refractivity contribution in [2.24, 2.45) is 0 Å². The van der Waals surface area contributed by atoms with Gasteiger partial charge in [0.15, 0.2) is 17.6 Å². The lowest BCUT2D eigenvalue weighted by molar-refractivity contribution is -0.154. The summed E-state index contributed by atoms with van der Waals surface area (Å²) in [5.41, 5.74) is 1.79. The molecule has 0 saturated carbocycles. The molecule has 1 unspecified atom stereocenters. The third-order valence-corrected chi connectivity index (χ3v) is 3.94. The molecule has 0 aliphatic heterocycles. The maximum Gasteiger partial charge on any atom is 0.331 e. The van der Waals surface area contributed by atoms with Crippen LogP contribution in [0.1, 0.15) is 16.7 Å². The van der Waals surface area contributed by atoms with Gasteiger partial charge in [-0.3, -0.25) is 0 Å². The Morgan fingerprint density at radius 1 is 0.900 bits per heavy atom. The summed E-state index contributed by atoms with van der Waals surface area (Å²) < 4.78 is 9.97. The first-order valence-electron chi connectivity index (χ1n) is 8.94. The van der Waals surface area contributed by atoms with Gasteiger partial charge in [0.2, 0.25) is 0 Å². The zero-order valence-electron chi connectivity index (χ0n) is 16.2. The van der Waals surface area contributed by atoms with Gasteiger partial charge in [0.1, 0.15) is 12.4 Å². The van der Waals surface area contributed by atoms with Gasteiger partial charge in [0, 0.05) is 12.2 Å². The van der Waals surface area contributed by atoms with Crippen molar-refractivity contribution >= 4 is 24.1 Å². The number of benzene rings is 2. The topological polar surface area (TPSA) is 134 Å². The van der Waals surface area contributed by atoms with Gasteiger partial charge < -0.3 is 29.9 Å². The molecule has 158 valence electrons. The van der Waals surface area contributed by atoms with Crippen molar-refractivity contribution < 1.29 is 39.5 Å². The Kier molecular flexibility index (Phi) is 8.01. The molecule has 0 aliphatic carbocycles. The van der Waals surface area contributed by atoms with E-state index < -0.39 is 24.6 Å². The van der Waals surface area contributed by atoms with Crippen molar-refractivity contribution in [3.05, 3.63) is 65.2 Å². The fourth-order valence-electron chi connectivity index (χ4n) is 2.31. The Morgan fingerprint density at radius 2 is 1.50 bits per heavy atom. The second-order valence-corrected chi connectivity index (χ2v) is 6.33. The Morgan fingerprint density at radius 3 is 2.10 bits per heavy atom. The summed E-state index contributed by atoms with van der Waals surface area (Å²) in [6.07, 6.45) is 4.07. The molecular weight excluding hydrogens is 392 g/mol. The van der Waals surface area contributed by atoms with E-state index in [0.29, 0.717) is 16.7 Å². The minimum atomic E-state index is -1.04. The Bertz CT molecular complexity index is 962. The normalized spacial score (nSPS) is 12.2. The molecule has 0 aliphatic rings. The Labute approximate surface area is 172 Å². The van der Waals surface area contributed by atoms with Gasteiger partial charge in [-0.05, 0) is 60.0 Å². The van der Waals surface area contributed by atoms with Crippen LogP contribution in [-0.2, 0) is 19.1 Å². The molecular formula is C22H22O8. The number of aliphatic hydroxyl groups excluding tert-OH is 1. The molecule has 8 nitrogen and oxygen atoms in total. The maximum atomic E-state index is 11.9. The average Bonchev–Trinajstić information content (AvgIpc) is 2.72. The van der Waals surface area contributed by atoms with Crippen LogP contribution in [0.15, 0.2) is 48.6 Å². The molecule has 1 atom stereocenters. The highest BCUT2D eigenvalue weighted by Crippen LogP contribution is 2.25. The van der Waals surface area contributed by atoms with Crippen LogP contribution in [-0.4, -0.2) is 51.7 Å². The molecule has 8 heteroatoms. The molecule has 30 heavy (non-hydrogen) atoms. The highest BCUT2D eigenvalue weighted by molar-refractivity contribution is 5.88. The number of phenolic OH excluding ortho intramolecular Hbond substituents is 3. The number of ether oxygens (including phenoxy) is 2. The minimum absolute atomic E-state index is 0.146. The van der Waals surface area contributed by atoms with Crippen LogP contribution in [0.2, 0.25) is 0 Å². The molecule has 0 bridgehead atoms. The van der Waals surface area contributed by atoms with Crippen LogP contribution >= 0.6 is 0 Å². The van der Waals surface area contributed by atoms with Crippen LogP contribution in [0.4, 0.5) is 0 Å². The summed E-state index contributed by atoms with van der Waals surface area (Å²) in [7, 11) is 0. The average molecular weight is 414 g/mol. The smallest absolute Gasteiger partial charge is 0.331 e. The molecule has 2 rings (SSSR count). The van der Waals surface area contributed by atoms with Crippen LogP contribution in [0.3, 0.4) is 0 Å². The molecule has 0 heterocycles. The first-order valence-corrected chi connectivity index (χ1v) is 8.94. The van der Waals surface area contributed by atoms with Gasteiger partial charge in [0.05, 0.1) is 6.61 Å². The van der Waals surface area contributed by atoms with E-state index in [1.165, 1.54) is 36.4 Å². The van der Waals surface area contributed by atoms with Gasteiger partial charge in [0.25, 0.3) is 0 Å². The monoisotopic (exact) mass is 414 g/mol. The van der Waals surface area contributed by atoms with E-state index in [-0.39, 0.29) is 23.9 Å². The van der Waals surface area contributed by atoms with Crippen LogP contribution in [0.5, 0.6) is 17.2 Å². The molecule has 0 spiro atoms. The van der Waals surface area contributed by atoms with Crippen molar-refractivity contribution in [1.82, 2.24) is 0 Å². The molecule has 0 fully saturated rings. The van der Waals surface area contributed by atoms with Crippen LogP contribution < -0.4 is 0 Å². The largest absolute Gasteiger partial charge is 0.508 e. The predicted molar refractivity (Wildman–Crippen MR) is 109 cm³/mol. The number of rotatable bonds is 8. The first-order chi connectivity index (χ1) is 14.3. The first kappa shape index (κ1) is 22.5. The SMILES string of the molecule is Cc1cc(/C=C/C(=O)OC(CO)COC(=O)/C=C/c2ccc(O)c(O)c2)ccc1O. The zero-order valence-corrected chi connectivity index (χ0v) is 16.2. The third-order valence-electron chi connectivity index (χ3n) is 3.94.